The Bertz CT molecular complexity index is 1010. The molecule has 1 aliphatic heterocycles. The van der Waals surface area contributed by atoms with Gasteiger partial charge in [-0.25, -0.2) is 4.79 Å². The normalized spacial score (nSPS) is 19.8. The molecule has 1 saturated heterocycles. The first kappa shape index (κ1) is 22.6. The van der Waals surface area contributed by atoms with Gasteiger partial charge < -0.3 is 19.5 Å². The zero-order valence-corrected chi connectivity index (χ0v) is 18.5. The van der Waals surface area contributed by atoms with Crippen LogP contribution in [0.3, 0.4) is 0 Å². The standard InChI is InChI=1S/C24H29NO6/c1-14(15-6-7-17-11-18(30-5)9-8-16(17)10-15)22(28)31-19-12-20(21(26)27)25(13-19)23(29)24(2,3)4/h6-11,14,19-20H,12-13H2,1-5H3,(H,26,27). The molecule has 166 valence electrons. The van der Waals surface area contributed by atoms with Gasteiger partial charge in [0.1, 0.15) is 17.9 Å². The molecule has 0 radical (unpaired) electrons. The topological polar surface area (TPSA) is 93.1 Å². The summed E-state index contributed by atoms with van der Waals surface area (Å²) in [6, 6.07) is 10.5. The SMILES string of the molecule is COc1ccc2cc(C(C)C(=O)OC3CC(C(=O)O)N(C(=O)C(C)(C)C)C3)ccc2c1. The van der Waals surface area contributed by atoms with E-state index < -0.39 is 35.4 Å². The molecule has 3 atom stereocenters. The van der Waals surface area contributed by atoms with Crippen molar-refractivity contribution in [3.63, 3.8) is 0 Å². The molecule has 1 N–H and O–H groups in total. The van der Waals surface area contributed by atoms with E-state index in [1.165, 1.54) is 4.90 Å². The average molecular weight is 427 g/mol. The molecule has 3 unspecified atom stereocenters. The highest BCUT2D eigenvalue weighted by Gasteiger charge is 2.44. The number of amides is 1. The molecule has 2 aromatic rings. The molecule has 31 heavy (non-hydrogen) atoms. The zero-order valence-electron chi connectivity index (χ0n) is 18.5. The van der Waals surface area contributed by atoms with Crippen molar-refractivity contribution in [3.05, 3.63) is 42.0 Å². The Morgan fingerprint density at radius 3 is 2.35 bits per heavy atom. The van der Waals surface area contributed by atoms with Crippen LogP contribution in [-0.2, 0) is 19.1 Å². The average Bonchev–Trinajstić information content (AvgIpc) is 3.14. The van der Waals surface area contributed by atoms with E-state index in [0.717, 1.165) is 22.1 Å². The van der Waals surface area contributed by atoms with Crippen LogP contribution in [0.1, 0.15) is 45.6 Å². The third-order valence-electron chi connectivity index (χ3n) is 5.66. The molecule has 0 aliphatic carbocycles. The summed E-state index contributed by atoms with van der Waals surface area (Å²) in [5, 5.41) is 11.5. The molecule has 1 amide bonds. The van der Waals surface area contributed by atoms with E-state index in [4.69, 9.17) is 9.47 Å². The molecule has 7 heteroatoms. The summed E-state index contributed by atoms with van der Waals surface area (Å²) in [6.07, 6.45) is -0.556. The van der Waals surface area contributed by atoms with Crippen molar-refractivity contribution in [1.82, 2.24) is 4.90 Å². The molecule has 0 saturated carbocycles. The molecule has 1 heterocycles. The van der Waals surface area contributed by atoms with Gasteiger partial charge in [0.15, 0.2) is 0 Å². The molecule has 1 fully saturated rings. The number of carboxylic acids is 1. The van der Waals surface area contributed by atoms with Crippen molar-refractivity contribution < 1.29 is 29.0 Å². The maximum Gasteiger partial charge on any atom is 0.326 e. The number of carbonyl (C=O) groups is 3. The first-order chi connectivity index (χ1) is 14.5. The van der Waals surface area contributed by atoms with Crippen LogP contribution in [0.4, 0.5) is 0 Å². The van der Waals surface area contributed by atoms with Crippen molar-refractivity contribution in [3.8, 4) is 5.75 Å². The van der Waals surface area contributed by atoms with Crippen molar-refractivity contribution in [2.24, 2.45) is 5.41 Å². The Balaban J connectivity index is 1.72. The summed E-state index contributed by atoms with van der Waals surface area (Å²) in [5.41, 5.74) is 0.0892. The summed E-state index contributed by atoms with van der Waals surface area (Å²) >= 11 is 0. The molecule has 7 nitrogen and oxygen atoms in total. The van der Waals surface area contributed by atoms with Gasteiger partial charge in [0.25, 0.3) is 0 Å². The Morgan fingerprint density at radius 1 is 1.10 bits per heavy atom. The maximum absolute atomic E-state index is 12.8. The van der Waals surface area contributed by atoms with E-state index in [2.05, 4.69) is 0 Å². The molecule has 1 aliphatic rings. The van der Waals surface area contributed by atoms with Gasteiger partial charge in [-0.05, 0) is 35.4 Å². The van der Waals surface area contributed by atoms with Gasteiger partial charge in [0, 0.05) is 11.8 Å². The number of ether oxygens (including phenoxy) is 2. The summed E-state index contributed by atoms with van der Waals surface area (Å²) in [4.78, 5) is 38.4. The minimum atomic E-state index is -1.09. The Labute approximate surface area is 181 Å². The molecule has 0 spiro atoms. The number of benzene rings is 2. The molecule has 3 rings (SSSR count). The van der Waals surface area contributed by atoms with E-state index in [1.807, 2.05) is 36.4 Å². The van der Waals surface area contributed by atoms with Crippen LogP contribution in [0.15, 0.2) is 36.4 Å². The van der Waals surface area contributed by atoms with E-state index in [9.17, 15) is 19.5 Å². The van der Waals surface area contributed by atoms with Gasteiger partial charge in [-0.15, -0.1) is 0 Å². The van der Waals surface area contributed by atoms with E-state index >= 15 is 0 Å². The van der Waals surface area contributed by atoms with Crippen molar-refractivity contribution in [2.75, 3.05) is 13.7 Å². The van der Waals surface area contributed by atoms with Crippen LogP contribution in [0, 0.1) is 5.41 Å². The van der Waals surface area contributed by atoms with Crippen molar-refractivity contribution in [1.29, 1.82) is 0 Å². The number of likely N-dealkylation sites (tertiary alicyclic amines) is 1. The van der Waals surface area contributed by atoms with Gasteiger partial charge in [-0.1, -0.05) is 45.0 Å². The van der Waals surface area contributed by atoms with Crippen LogP contribution in [-0.4, -0.2) is 53.7 Å². The third-order valence-corrected chi connectivity index (χ3v) is 5.66. The van der Waals surface area contributed by atoms with E-state index in [1.54, 1.807) is 34.8 Å². The first-order valence-corrected chi connectivity index (χ1v) is 10.3. The predicted molar refractivity (Wildman–Crippen MR) is 116 cm³/mol. The lowest BCUT2D eigenvalue weighted by Gasteiger charge is -2.28. The van der Waals surface area contributed by atoms with Crippen LogP contribution >= 0.6 is 0 Å². The van der Waals surface area contributed by atoms with Gasteiger partial charge >= 0.3 is 11.9 Å². The molecule has 2 aromatic carbocycles. The summed E-state index contributed by atoms with van der Waals surface area (Å²) < 4.78 is 10.9. The number of esters is 1. The quantitative estimate of drug-likeness (QED) is 0.733. The van der Waals surface area contributed by atoms with Crippen LogP contribution in [0.25, 0.3) is 10.8 Å². The lowest BCUT2D eigenvalue weighted by Crippen LogP contribution is -2.45. The predicted octanol–water partition coefficient (Wildman–Crippen LogP) is 3.60. The van der Waals surface area contributed by atoms with Crippen LogP contribution in [0.2, 0.25) is 0 Å². The highest BCUT2D eigenvalue weighted by Crippen LogP contribution is 2.30. The monoisotopic (exact) mass is 427 g/mol. The van der Waals surface area contributed by atoms with Gasteiger partial charge in [0.05, 0.1) is 19.6 Å². The highest BCUT2D eigenvalue weighted by atomic mass is 16.5. The molecular weight excluding hydrogens is 398 g/mol. The number of carbonyl (C=O) groups excluding carboxylic acids is 2. The van der Waals surface area contributed by atoms with Gasteiger partial charge in [-0.3, -0.25) is 9.59 Å². The highest BCUT2D eigenvalue weighted by molar-refractivity contribution is 5.88. The van der Waals surface area contributed by atoms with E-state index in [0.29, 0.717) is 0 Å². The Kier molecular flexibility index (Phi) is 6.25. The number of hydrogen-bond acceptors (Lipinski definition) is 5. The number of rotatable bonds is 5. The second-order valence-corrected chi connectivity index (χ2v) is 9.05. The lowest BCUT2D eigenvalue weighted by atomic mass is 9.94. The van der Waals surface area contributed by atoms with Gasteiger partial charge in [0.2, 0.25) is 5.91 Å². The maximum atomic E-state index is 12.8. The summed E-state index contributed by atoms with van der Waals surface area (Å²) in [5.74, 6) is -1.56. The second-order valence-electron chi connectivity index (χ2n) is 9.05. The smallest absolute Gasteiger partial charge is 0.326 e. The summed E-state index contributed by atoms with van der Waals surface area (Å²) in [7, 11) is 1.61. The number of fused-ring (bicyclic) bond motifs is 1. The van der Waals surface area contributed by atoms with Crippen molar-refractivity contribution >= 4 is 28.6 Å². The molecule has 0 bridgehead atoms. The number of nitrogens with zero attached hydrogens (tertiary/aromatic N) is 1. The molecular formula is C24H29NO6. The van der Waals surface area contributed by atoms with Crippen molar-refractivity contribution in [2.45, 2.75) is 52.2 Å². The zero-order chi connectivity index (χ0) is 22.9. The van der Waals surface area contributed by atoms with E-state index in [-0.39, 0.29) is 18.9 Å². The number of hydrogen-bond donors (Lipinski definition) is 1. The van der Waals surface area contributed by atoms with Gasteiger partial charge in [-0.2, -0.15) is 0 Å². The third kappa shape index (κ3) is 4.81. The minimum Gasteiger partial charge on any atom is -0.497 e. The fourth-order valence-corrected chi connectivity index (χ4v) is 3.81. The first-order valence-electron chi connectivity index (χ1n) is 10.3. The van der Waals surface area contributed by atoms with Crippen LogP contribution < -0.4 is 4.74 Å². The summed E-state index contributed by atoms with van der Waals surface area (Å²) in [6.45, 7) is 7.07. The fraction of sp³-hybridized carbons (Fsp3) is 0.458. The number of methoxy groups -OCH3 is 1. The molecule has 0 aromatic heterocycles. The Morgan fingerprint density at radius 2 is 1.74 bits per heavy atom. The lowest BCUT2D eigenvalue weighted by molar-refractivity contribution is -0.152. The Hall–Kier alpha value is -3.09. The number of carboxylic acid groups (broad SMARTS) is 1. The minimum absolute atomic E-state index is 0.0864. The largest absolute Gasteiger partial charge is 0.497 e. The second kappa shape index (κ2) is 8.57. The van der Waals surface area contributed by atoms with Crippen LogP contribution in [0.5, 0.6) is 5.75 Å². The fourth-order valence-electron chi connectivity index (χ4n) is 3.81. The number of aliphatic carboxylic acids is 1.